The van der Waals surface area contributed by atoms with Gasteiger partial charge in [0.1, 0.15) is 0 Å². The Morgan fingerprint density at radius 1 is 1.44 bits per heavy atom. The first-order valence-electron chi connectivity index (χ1n) is 5.44. The molecule has 0 aliphatic carbocycles. The molecule has 0 bridgehead atoms. The maximum Gasteiger partial charge on any atom is 0.335 e. The molecule has 18 heavy (non-hydrogen) atoms. The summed E-state index contributed by atoms with van der Waals surface area (Å²) in [6, 6.07) is 4.50. The molecule has 0 radical (unpaired) electrons. The van der Waals surface area contributed by atoms with Crippen LogP contribution in [0.5, 0.6) is 0 Å². The molecule has 0 aromatic heterocycles. The van der Waals surface area contributed by atoms with Gasteiger partial charge in [0.2, 0.25) is 5.91 Å². The summed E-state index contributed by atoms with van der Waals surface area (Å²) in [6.07, 6.45) is 0. The fourth-order valence-corrected chi connectivity index (χ4v) is 1.75. The van der Waals surface area contributed by atoms with Crippen molar-refractivity contribution < 1.29 is 14.7 Å². The Morgan fingerprint density at radius 3 is 2.67 bits per heavy atom. The van der Waals surface area contributed by atoms with E-state index in [2.05, 4.69) is 26.6 Å². The third-order valence-electron chi connectivity index (χ3n) is 2.43. The number of amides is 1. The van der Waals surface area contributed by atoms with E-state index in [1.54, 1.807) is 20.0 Å². The zero-order valence-corrected chi connectivity index (χ0v) is 11.7. The van der Waals surface area contributed by atoms with Crippen LogP contribution >= 0.6 is 15.9 Å². The Hall–Kier alpha value is -1.40. The van der Waals surface area contributed by atoms with Crippen molar-refractivity contribution in [2.45, 2.75) is 6.92 Å². The van der Waals surface area contributed by atoms with Gasteiger partial charge in [0.05, 0.1) is 11.3 Å². The predicted octanol–water partition coefficient (Wildman–Crippen LogP) is 1.94. The van der Waals surface area contributed by atoms with Crippen LogP contribution < -0.4 is 10.6 Å². The van der Waals surface area contributed by atoms with Crippen molar-refractivity contribution in [1.29, 1.82) is 0 Å². The van der Waals surface area contributed by atoms with Crippen LogP contribution in [-0.4, -0.2) is 30.6 Å². The van der Waals surface area contributed by atoms with Crippen molar-refractivity contribution in [3.8, 4) is 0 Å². The fraction of sp³-hybridized carbons (Fsp3) is 0.333. The Bertz CT molecular complexity index is 463. The fourth-order valence-electron chi connectivity index (χ4n) is 1.41. The molecule has 0 spiro atoms. The van der Waals surface area contributed by atoms with Crippen LogP contribution in [-0.2, 0) is 4.79 Å². The summed E-state index contributed by atoms with van der Waals surface area (Å²) in [5, 5.41) is 14.5. The molecule has 6 heteroatoms. The van der Waals surface area contributed by atoms with Crippen molar-refractivity contribution in [1.82, 2.24) is 5.32 Å². The number of carbonyl (C=O) groups excluding carboxylic acids is 1. The highest BCUT2D eigenvalue weighted by atomic mass is 79.9. The summed E-state index contributed by atoms with van der Waals surface area (Å²) in [7, 11) is 1.77. The first-order chi connectivity index (χ1) is 8.45. The monoisotopic (exact) mass is 314 g/mol. The molecule has 0 heterocycles. The van der Waals surface area contributed by atoms with E-state index in [1.165, 1.54) is 12.1 Å². The molecular weight excluding hydrogens is 300 g/mol. The lowest BCUT2D eigenvalue weighted by atomic mass is 10.1. The zero-order valence-electron chi connectivity index (χ0n) is 10.2. The molecule has 1 unspecified atom stereocenters. The van der Waals surface area contributed by atoms with E-state index in [0.717, 1.165) is 0 Å². The summed E-state index contributed by atoms with van der Waals surface area (Å²) >= 11 is 3.27. The number of rotatable bonds is 5. The number of hydrogen-bond donors (Lipinski definition) is 3. The Balaban J connectivity index is 2.86. The number of halogens is 1. The second kappa shape index (κ2) is 6.51. The van der Waals surface area contributed by atoms with Crippen LogP contribution in [0.25, 0.3) is 0 Å². The van der Waals surface area contributed by atoms with Gasteiger partial charge in [-0.1, -0.05) is 6.92 Å². The van der Waals surface area contributed by atoms with Gasteiger partial charge in [0.15, 0.2) is 0 Å². The molecule has 98 valence electrons. The highest BCUT2D eigenvalue weighted by Crippen LogP contribution is 2.24. The Labute approximate surface area is 114 Å². The topological polar surface area (TPSA) is 78.4 Å². The van der Waals surface area contributed by atoms with Crippen LogP contribution in [0, 0.1) is 5.92 Å². The second-order valence-corrected chi connectivity index (χ2v) is 4.80. The third kappa shape index (κ3) is 3.82. The van der Waals surface area contributed by atoms with Gasteiger partial charge in [-0.15, -0.1) is 0 Å². The van der Waals surface area contributed by atoms with Crippen LogP contribution in [0.2, 0.25) is 0 Å². The maximum absolute atomic E-state index is 11.8. The molecule has 0 saturated carbocycles. The molecule has 5 nitrogen and oxygen atoms in total. The van der Waals surface area contributed by atoms with Crippen molar-refractivity contribution in [3.63, 3.8) is 0 Å². The highest BCUT2D eigenvalue weighted by molar-refractivity contribution is 9.10. The van der Waals surface area contributed by atoms with Gasteiger partial charge in [0, 0.05) is 16.9 Å². The van der Waals surface area contributed by atoms with Crippen molar-refractivity contribution in [2.24, 2.45) is 5.92 Å². The first-order valence-corrected chi connectivity index (χ1v) is 6.23. The Kier molecular flexibility index (Phi) is 5.30. The number of anilines is 1. The summed E-state index contributed by atoms with van der Waals surface area (Å²) in [5.74, 6) is -1.38. The van der Waals surface area contributed by atoms with Crippen molar-refractivity contribution >= 4 is 33.5 Å². The molecule has 1 aromatic carbocycles. The molecule has 1 aromatic rings. The average Bonchev–Trinajstić information content (AvgIpc) is 2.31. The van der Waals surface area contributed by atoms with E-state index in [4.69, 9.17) is 5.11 Å². The van der Waals surface area contributed by atoms with Crippen LogP contribution in [0.15, 0.2) is 22.7 Å². The normalized spacial score (nSPS) is 11.9. The van der Waals surface area contributed by atoms with E-state index in [0.29, 0.717) is 16.7 Å². The number of carbonyl (C=O) groups is 2. The summed E-state index contributed by atoms with van der Waals surface area (Å²) in [6.45, 7) is 2.35. The lowest BCUT2D eigenvalue weighted by Gasteiger charge is -2.13. The Morgan fingerprint density at radius 2 is 2.11 bits per heavy atom. The molecule has 0 aliphatic rings. The van der Waals surface area contributed by atoms with Crippen LogP contribution in [0.1, 0.15) is 17.3 Å². The van der Waals surface area contributed by atoms with Gasteiger partial charge in [-0.2, -0.15) is 0 Å². The molecule has 1 rings (SSSR count). The lowest BCUT2D eigenvalue weighted by Crippen LogP contribution is -2.28. The smallest absolute Gasteiger partial charge is 0.335 e. The molecule has 1 amide bonds. The molecular formula is C12H15BrN2O3. The number of hydrogen-bond acceptors (Lipinski definition) is 3. The van der Waals surface area contributed by atoms with Crippen LogP contribution in [0.3, 0.4) is 0 Å². The first kappa shape index (κ1) is 14.7. The highest BCUT2D eigenvalue weighted by Gasteiger charge is 2.14. The quantitative estimate of drug-likeness (QED) is 0.776. The number of carboxylic acid groups (broad SMARTS) is 1. The van der Waals surface area contributed by atoms with Gasteiger partial charge in [-0.25, -0.2) is 4.79 Å². The molecule has 3 N–H and O–H groups in total. The van der Waals surface area contributed by atoms with E-state index in [-0.39, 0.29) is 17.4 Å². The summed E-state index contributed by atoms with van der Waals surface area (Å²) in [5.41, 5.74) is 0.595. The second-order valence-electron chi connectivity index (χ2n) is 3.95. The van der Waals surface area contributed by atoms with E-state index < -0.39 is 5.97 Å². The summed E-state index contributed by atoms with van der Waals surface area (Å²) in [4.78, 5) is 22.7. The minimum atomic E-state index is -1.03. The van der Waals surface area contributed by atoms with Crippen LogP contribution in [0.4, 0.5) is 5.69 Å². The van der Waals surface area contributed by atoms with Crippen molar-refractivity contribution in [3.05, 3.63) is 28.2 Å². The predicted molar refractivity (Wildman–Crippen MR) is 72.8 cm³/mol. The maximum atomic E-state index is 11.8. The molecule has 0 saturated heterocycles. The van der Waals surface area contributed by atoms with E-state index in [1.807, 2.05) is 0 Å². The largest absolute Gasteiger partial charge is 0.478 e. The number of aromatic carboxylic acids is 1. The molecule has 0 aliphatic heterocycles. The van der Waals surface area contributed by atoms with Gasteiger partial charge < -0.3 is 15.7 Å². The lowest BCUT2D eigenvalue weighted by molar-refractivity contribution is -0.119. The molecule has 0 fully saturated rings. The third-order valence-corrected chi connectivity index (χ3v) is 3.12. The summed E-state index contributed by atoms with van der Waals surface area (Å²) < 4.78 is 0.650. The van der Waals surface area contributed by atoms with Gasteiger partial charge >= 0.3 is 5.97 Å². The minimum absolute atomic E-state index is 0.134. The van der Waals surface area contributed by atoms with Gasteiger partial charge in [-0.3, -0.25) is 4.79 Å². The standard InChI is InChI=1S/C12H15BrN2O3/c1-7(6-14-2)11(16)15-10-5-8(12(17)18)3-4-9(10)13/h3-5,7,14H,6H2,1-2H3,(H,15,16)(H,17,18). The minimum Gasteiger partial charge on any atom is -0.478 e. The van der Waals surface area contributed by atoms with Crippen molar-refractivity contribution in [2.75, 3.05) is 18.9 Å². The molecule has 1 atom stereocenters. The van der Waals surface area contributed by atoms with E-state index in [9.17, 15) is 9.59 Å². The van der Waals surface area contributed by atoms with Gasteiger partial charge in [0.25, 0.3) is 0 Å². The zero-order chi connectivity index (χ0) is 13.7. The number of nitrogens with one attached hydrogen (secondary N) is 2. The number of carboxylic acids is 1. The average molecular weight is 315 g/mol. The van der Waals surface area contributed by atoms with Gasteiger partial charge in [-0.05, 0) is 41.2 Å². The van der Waals surface area contributed by atoms with E-state index >= 15 is 0 Å². The SMILES string of the molecule is CNCC(C)C(=O)Nc1cc(C(=O)O)ccc1Br. The number of benzene rings is 1.